The van der Waals surface area contributed by atoms with Gasteiger partial charge < -0.3 is 10.2 Å². The van der Waals surface area contributed by atoms with Crippen LogP contribution < -0.4 is 5.32 Å². The van der Waals surface area contributed by atoms with Gasteiger partial charge in [-0.25, -0.2) is 0 Å². The third-order valence-corrected chi connectivity index (χ3v) is 3.57. The van der Waals surface area contributed by atoms with Crippen molar-refractivity contribution in [2.75, 3.05) is 20.1 Å². The first-order valence-corrected chi connectivity index (χ1v) is 6.87. The van der Waals surface area contributed by atoms with Gasteiger partial charge in [0.2, 0.25) is 5.91 Å². The minimum absolute atomic E-state index is 0.347. The van der Waals surface area contributed by atoms with E-state index < -0.39 is 0 Å². The molecule has 0 atom stereocenters. The van der Waals surface area contributed by atoms with Crippen LogP contribution >= 0.6 is 0 Å². The van der Waals surface area contributed by atoms with Crippen molar-refractivity contribution in [3.63, 3.8) is 0 Å². The molecule has 1 rings (SSSR count). The van der Waals surface area contributed by atoms with Crippen molar-refractivity contribution in [1.29, 1.82) is 0 Å². The van der Waals surface area contributed by atoms with Crippen molar-refractivity contribution in [3.8, 4) is 0 Å². The fourth-order valence-corrected chi connectivity index (χ4v) is 2.35. The fourth-order valence-electron chi connectivity index (χ4n) is 2.35. The van der Waals surface area contributed by atoms with E-state index in [1.54, 1.807) is 0 Å². The van der Waals surface area contributed by atoms with Crippen molar-refractivity contribution in [2.24, 2.45) is 5.41 Å². The van der Waals surface area contributed by atoms with Crippen molar-refractivity contribution in [2.45, 2.75) is 58.9 Å². The zero-order valence-corrected chi connectivity index (χ0v) is 11.9. The summed E-state index contributed by atoms with van der Waals surface area (Å²) in [5.74, 6) is 0.351. The third-order valence-electron chi connectivity index (χ3n) is 3.57. The van der Waals surface area contributed by atoms with E-state index >= 15 is 0 Å². The number of nitrogens with one attached hydrogen (secondary N) is 1. The summed E-state index contributed by atoms with van der Waals surface area (Å²) >= 11 is 0. The number of piperidine rings is 1. The number of carbonyl (C=O) groups is 1. The predicted octanol–water partition coefficient (Wildman–Crippen LogP) is 2.41. The maximum absolute atomic E-state index is 12.0. The highest BCUT2D eigenvalue weighted by molar-refractivity contribution is 5.76. The number of hydrogen-bond donors (Lipinski definition) is 1. The summed E-state index contributed by atoms with van der Waals surface area (Å²) in [6.07, 6.45) is 5.07. The van der Waals surface area contributed by atoms with Gasteiger partial charge in [-0.3, -0.25) is 4.79 Å². The lowest BCUT2D eigenvalue weighted by Crippen LogP contribution is -2.43. The molecule has 1 heterocycles. The summed E-state index contributed by atoms with van der Waals surface area (Å²) in [4.78, 5) is 14.0. The highest BCUT2D eigenvalue weighted by atomic mass is 16.2. The largest absolute Gasteiger partial charge is 0.343 e. The Kier molecular flexibility index (Phi) is 5.44. The van der Waals surface area contributed by atoms with Gasteiger partial charge in [-0.15, -0.1) is 0 Å². The molecule has 0 radical (unpaired) electrons. The van der Waals surface area contributed by atoms with Crippen molar-refractivity contribution in [3.05, 3.63) is 0 Å². The molecular weight excluding hydrogens is 212 g/mol. The predicted molar refractivity (Wildman–Crippen MR) is 72.0 cm³/mol. The zero-order valence-electron chi connectivity index (χ0n) is 11.9. The van der Waals surface area contributed by atoms with E-state index in [0.29, 0.717) is 17.4 Å². The highest BCUT2D eigenvalue weighted by Crippen LogP contribution is 2.22. The van der Waals surface area contributed by atoms with Crippen LogP contribution in [0.15, 0.2) is 0 Å². The molecule has 0 aliphatic carbocycles. The van der Waals surface area contributed by atoms with Crippen LogP contribution in [0.25, 0.3) is 0 Å². The fraction of sp³-hybridized carbons (Fsp3) is 0.929. The average molecular weight is 240 g/mol. The standard InChI is InChI=1S/C14H28N2O/c1-14(2,3)9-5-6-13(17)16-10-7-12(15-4)8-11-16/h12,15H,5-11H2,1-4H3. The van der Waals surface area contributed by atoms with Crippen LogP contribution in [-0.4, -0.2) is 37.0 Å². The molecule has 0 aromatic heterocycles. The van der Waals surface area contributed by atoms with Gasteiger partial charge in [0, 0.05) is 25.6 Å². The lowest BCUT2D eigenvalue weighted by atomic mass is 9.90. The number of rotatable bonds is 4. The van der Waals surface area contributed by atoms with Gasteiger partial charge in [0.15, 0.2) is 0 Å². The monoisotopic (exact) mass is 240 g/mol. The lowest BCUT2D eigenvalue weighted by Gasteiger charge is -2.32. The molecule has 3 heteroatoms. The zero-order chi connectivity index (χ0) is 12.9. The van der Waals surface area contributed by atoms with Crippen molar-refractivity contribution < 1.29 is 4.79 Å². The van der Waals surface area contributed by atoms with Gasteiger partial charge in [0.25, 0.3) is 0 Å². The average Bonchev–Trinajstić information content (AvgIpc) is 2.27. The Balaban J connectivity index is 2.21. The molecule has 100 valence electrons. The summed E-state index contributed by atoms with van der Waals surface area (Å²) in [6, 6.07) is 0.605. The minimum atomic E-state index is 0.347. The molecule has 1 aliphatic heterocycles. The Bertz CT molecular complexity index is 237. The number of carbonyl (C=O) groups excluding carboxylic acids is 1. The van der Waals surface area contributed by atoms with E-state index in [0.717, 1.165) is 45.2 Å². The Labute approximate surface area is 106 Å². The summed E-state index contributed by atoms with van der Waals surface area (Å²) in [6.45, 7) is 8.56. The first-order chi connectivity index (χ1) is 7.92. The summed E-state index contributed by atoms with van der Waals surface area (Å²) in [5, 5.41) is 3.29. The molecule has 0 saturated carbocycles. The number of likely N-dealkylation sites (tertiary alicyclic amines) is 1. The number of nitrogens with zero attached hydrogens (tertiary/aromatic N) is 1. The molecule has 0 spiro atoms. The molecule has 0 unspecified atom stereocenters. The van der Waals surface area contributed by atoms with Gasteiger partial charge in [-0.1, -0.05) is 20.8 Å². The van der Waals surface area contributed by atoms with Gasteiger partial charge in [0.1, 0.15) is 0 Å². The molecule has 1 amide bonds. The van der Waals surface area contributed by atoms with Crippen LogP contribution in [0.3, 0.4) is 0 Å². The topological polar surface area (TPSA) is 32.3 Å². The Hall–Kier alpha value is -0.570. The second kappa shape index (κ2) is 6.39. The van der Waals surface area contributed by atoms with Gasteiger partial charge in [0.05, 0.1) is 0 Å². The summed E-state index contributed by atoms with van der Waals surface area (Å²) < 4.78 is 0. The van der Waals surface area contributed by atoms with Crippen molar-refractivity contribution >= 4 is 5.91 Å². The summed E-state index contributed by atoms with van der Waals surface area (Å²) in [7, 11) is 2.01. The highest BCUT2D eigenvalue weighted by Gasteiger charge is 2.21. The smallest absolute Gasteiger partial charge is 0.222 e. The lowest BCUT2D eigenvalue weighted by molar-refractivity contribution is -0.132. The third kappa shape index (κ3) is 5.53. The number of amides is 1. The maximum atomic E-state index is 12.0. The van der Waals surface area contributed by atoms with E-state index in [1.807, 2.05) is 11.9 Å². The van der Waals surface area contributed by atoms with E-state index in [1.165, 1.54) is 0 Å². The van der Waals surface area contributed by atoms with Crippen LogP contribution in [0.2, 0.25) is 0 Å². The Morgan fingerprint density at radius 2 is 1.88 bits per heavy atom. The SMILES string of the molecule is CNC1CCN(C(=O)CCCC(C)(C)C)CC1. The van der Waals surface area contributed by atoms with Crippen LogP contribution in [0.5, 0.6) is 0 Å². The van der Waals surface area contributed by atoms with E-state index in [2.05, 4.69) is 26.1 Å². The van der Waals surface area contributed by atoms with Gasteiger partial charge in [-0.2, -0.15) is 0 Å². The molecule has 1 aliphatic rings. The second-order valence-corrected chi connectivity index (χ2v) is 6.36. The Morgan fingerprint density at radius 3 is 2.35 bits per heavy atom. The molecule has 1 saturated heterocycles. The molecule has 17 heavy (non-hydrogen) atoms. The van der Waals surface area contributed by atoms with E-state index in [4.69, 9.17) is 0 Å². The molecule has 3 nitrogen and oxygen atoms in total. The first-order valence-electron chi connectivity index (χ1n) is 6.87. The molecule has 0 bridgehead atoms. The molecule has 1 N–H and O–H groups in total. The van der Waals surface area contributed by atoms with Crippen molar-refractivity contribution in [1.82, 2.24) is 10.2 Å². The number of hydrogen-bond acceptors (Lipinski definition) is 2. The van der Waals surface area contributed by atoms with Crippen LogP contribution in [-0.2, 0) is 4.79 Å². The molecule has 1 fully saturated rings. The van der Waals surface area contributed by atoms with Crippen LogP contribution in [0, 0.1) is 5.41 Å². The van der Waals surface area contributed by atoms with Crippen LogP contribution in [0.1, 0.15) is 52.9 Å². The first kappa shape index (κ1) is 14.5. The van der Waals surface area contributed by atoms with Gasteiger partial charge >= 0.3 is 0 Å². The van der Waals surface area contributed by atoms with Crippen LogP contribution in [0.4, 0.5) is 0 Å². The minimum Gasteiger partial charge on any atom is -0.343 e. The normalized spacial score (nSPS) is 18.5. The van der Waals surface area contributed by atoms with Gasteiger partial charge in [-0.05, 0) is 38.1 Å². The molecule has 0 aromatic carbocycles. The second-order valence-electron chi connectivity index (χ2n) is 6.36. The molecule has 0 aromatic rings. The van der Waals surface area contributed by atoms with E-state index in [9.17, 15) is 4.79 Å². The Morgan fingerprint density at radius 1 is 1.29 bits per heavy atom. The summed E-state index contributed by atoms with van der Waals surface area (Å²) in [5.41, 5.74) is 0.347. The van der Waals surface area contributed by atoms with E-state index in [-0.39, 0.29) is 0 Å². The molecular formula is C14H28N2O. The maximum Gasteiger partial charge on any atom is 0.222 e. The quantitative estimate of drug-likeness (QED) is 0.818.